The topological polar surface area (TPSA) is 28.7 Å². The van der Waals surface area contributed by atoms with Gasteiger partial charge in [-0.1, -0.05) is 18.2 Å². The number of nitrogens with zero attached hydrogens (tertiary/aromatic N) is 1. The fraction of sp³-hybridized carbons (Fsp3) is 0.214. The molecule has 0 saturated heterocycles. The summed E-state index contributed by atoms with van der Waals surface area (Å²) in [6, 6.07) is 6.36. The summed E-state index contributed by atoms with van der Waals surface area (Å²) in [5.41, 5.74) is 6.08. The van der Waals surface area contributed by atoms with Gasteiger partial charge in [0.15, 0.2) is 0 Å². The van der Waals surface area contributed by atoms with Gasteiger partial charge in [-0.05, 0) is 49.1 Å². The van der Waals surface area contributed by atoms with Crippen LogP contribution < -0.4 is 0 Å². The maximum atomic E-state index is 4.25. The second kappa shape index (κ2) is 4.35. The van der Waals surface area contributed by atoms with Crippen LogP contribution >= 0.6 is 0 Å². The Bertz CT molecular complexity index is 487. The number of benzene rings is 1. The van der Waals surface area contributed by atoms with Gasteiger partial charge in [0.2, 0.25) is 0 Å². The van der Waals surface area contributed by atoms with E-state index >= 15 is 0 Å². The molecule has 0 atom stereocenters. The van der Waals surface area contributed by atoms with Crippen molar-refractivity contribution in [2.45, 2.75) is 20.8 Å². The number of aryl methyl sites for hydroxylation is 2. The Labute approximate surface area is 96.1 Å². The third kappa shape index (κ3) is 2.06. The zero-order chi connectivity index (χ0) is 11.5. The van der Waals surface area contributed by atoms with Gasteiger partial charge >= 0.3 is 0 Å². The number of hydrogen-bond donors (Lipinski definition) is 1. The molecule has 0 bridgehead atoms. The smallest absolute Gasteiger partial charge is 0.0927 e. The van der Waals surface area contributed by atoms with Crippen LogP contribution in [-0.4, -0.2) is 9.97 Å². The monoisotopic (exact) mass is 212 g/mol. The molecular weight excluding hydrogens is 196 g/mol. The normalized spacial score (nSPS) is 11.8. The lowest BCUT2D eigenvalue weighted by Crippen LogP contribution is -1.87. The summed E-state index contributed by atoms with van der Waals surface area (Å²) in [6.07, 6.45) is 5.82. The van der Waals surface area contributed by atoms with Crippen molar-refractivity contribution in [1.82, 2.24) is 9.97 Å². The van der Waals surface area contributed by atoms with Gasteiger partial charge in [0.1, 0.15) is 0 Å². The highest BCUT2D eigenvalue weighted by atomic mass is 14.9. The molecule has 2 heteroatoms. The number of nitrogens with one attached hydrogen (secondary N) is 1. The first-order valence-corrected chi connectivity index (χ1v) is 5.42. The SMILES string of the molecule is CC(=Cc1c(C)cccc1C)c1c[nH]cn1. The van der Waals surface area contributed by atoms with E-state index in [1.165, 1.54) is 22.3 Å². The average Bonchev–Trinajstić information content (AvgIpc) is 2.76. The van der Waals surface area contributed by atoms with Crippen LogP contribution in [0, 0.1) is 13.8 Å². The molecule has 0 saturated carbocycles. The number of hydrogen-bond acceptors (Lipinski definition) is 1. The minimum Gasteiger partial charge on any atom is -0.351 e. The number of H-pyrrole nitrogens is 1. The largest absolute Gasteiger partial charge is 0.351 e. The maximum absolute atomic E-state index is 4.25. The number of allylic oxidation sites excluding steroid dienone is 1. The van der Waals surface area contributed by atoms with Crippen LogP contribution in [0.4, 0.5) is 0 Å². The summed E-state index contributed by atoms with van der Waals surface area (Å²) in [7, 11) is 0. The van der Waals surface area contributed by atoms with Gasteiger partial charge in [0.05, 0.1) is 12.0 Å². The molecule has 0 radical (unpaired) electrons. The van der Waals surface area contributed by atoms with Crippen molar-refractivity contribution in [2.75, 3.05) is 0 Å². The Balaban J connectivity index is 2.43. The predicted octanol–water partition coefficient (Wildman–Crippen LogP) is 3.59. The van der Waals surface area contributed by atoms with Gasteiger partial charge in [0.25, 0.3) is 0 Å². The Morgan fingerprint density at radius 1 is 1.25 bits per heavy atom. The first kappa shape index (κ1) is 10.7. The summed E-state index contributed by atoms with van der Waals surface area (Å²) in [5.74, 6) is 0. The third-order valence-corrected chi connectivity index (χ3v) is 2.81. The second-order valence-electron chi connectivity index (χ2n) is 4.09. The summed E-state index contributed by atoms with van der Waals surface area (Å²) in [4.78, 5) is 7.22. The lowest BCUT2D eigenvalue weighted by atomic mass is 10.0. The zero-order valence-electron chi connectivity index (χ0n) is 9.91. The Morgan fingerprint density at radius 2 is 1.94 bits per heavy atom. The fourth-order valence-corrected chi connectivity index (χ4v) is 1.82. The summed E-state index contributed by atoms with van der Waals surface area (Å²) >= 11 is 0. The molecule has 0 fully saturated rings. The molecule has 0 spiro atoms. The molecule has 16 heavy (non-hydrogen) atoms. The fourth-order valence-electron chi connectivity index (χ4n) is 1.82. The molecule has 0 aliphatic carbocycles. The Hall–Kier alpha value is -1.83. The van der Waals surface area contributed by atoms with Gasteiger partial charge in [-0.3, -0.25) is 0 Å². The Kier molecular flexibility index (Phi) is 2.91. The maximum Gasteiger partial charge on any atom is 0.0927 e. The van der Waals surface area contributed by atoms with E-state index in [2.05, 4.69) is 55.0 Å². The van der Waals surface area contributed by atoms with Gasteiger partial charge in [0, 0.05) is 6.20 Å². The Morgan fingerprint density at radius 3 is 2.50 bits per heavy atom. The van der Waals surface area contributed by atoms with Crippen LogP contribution in [0.3, 0.4) is 0 Å². The lowest BCUT2D eigenvalue weighted by molar-refractivity contribution is 1.30. The molecule has 1 heterocycles. The molecule has 1 N–H and O–H groups in total. The van der Waals surface area contributed by atoms with E-state index in [1.807, 2.05) is 6.20 Å². The van der Waals surface area contributed by atoms with E-state index < -0.39 is 0 Å². The molecule has 1 aromatic heterocycles. The van der Waals surface area contributed by atoms with Crippen LogP contribution in [0.25, 0.3) is 11.6 Å². The van der Waals surface area contributed by atoms with Crippen molar-refractivity contribution in [3.8, 4) is 0 Å². The van der Waals surface area contributed by atoms with Crippen LogP contribution in [0.5, 0.6) is 0 Å². The van der Waals surface area contributed by atoms with E-state index in [9.17, 15) is 0 Å². The van der Waals surface area contributed by atoms with E-state index in [4.69, 9.17) is 0 Å². The first-order valence-electron chi connectivity index (χ1n) is 5.42. The molecule has 0 unspecified atom stereocenters. The first-order chi connectivity index (χ1) is 7.68. The predicted molar refractivity (Wildman–Crippen MR) is 68.0 cm³/mol. The minimum atomic E-state index is 1.00. The van der Waals surface area contributed by atoms with Gasteiger partial charge in [-0.2, -0.15) is 0 Å². The van der Waals surface area contributed by atoms with Gasteiger partial charge < -0.3 is 4.98 Å². The minimum absolute atomic E-state index is 1.00. The molecule has 0 aliphatic heterocycles. The van der Waals surface area contributed by atoms with Crippen molar-refractivity contribution >= 4 is 11.6 Å². The standard InChI is InChI=1S/C14H16N2/c1-10-5-4-6-11(2)13(10)7-12(3)14-8-15-9-16-14/h4-9H,1-3H3,(H,15,16). The molecule has 0 amide bonds. The van der Waals surface area contributed by atoms with E-state index in [1.54, 1.807) is 6.33 Å². The third-order valence-electron chi connectivity index (χ3n) is 2.81. The summed E-state index contributed by atoms with van der Waals surface area (Å²) in [5, 5.41) is 0. The van der Waals surface area contributed by atoms with E-state index in [0.717, 1.165) is 5.69 Å². The van der Waals surface area contributed by atoms with Crippen molar-refractivity contribution in [1.29, 1.82) is 0 Å². The van der Waals surface area contributed by atoms with Crippen molar-refractivity contribution < 1.29 is 0 Å². The summed E-state index contributed by atoms with van der Waals surface area (Å²) in [6.45, 7) is 6.36. The number of aromatic amines is 1. The van der Waals surface area contributed by atoms with E-state index in [0.29, 0.717) is 0 Å². The highest BCUT2D eigenvalue weighted by molar-refractivity contribution is 5.80. The van der Waals surface area contributed by atoms with E-state index in [-0.39, 0.29) is 0 Å². The van der Waals surface area contributed by atoms with Crippen LogP contribution in [0.1, 0.15) is 29.3 Å². The summed E-state index contributed by atoms with van der Waals surface area (Å²) < 4.78 is 0. The molecule has 0 aliphatic rings. The van der Waals surface area contributed by atoms with Crippen molar-refractivity contribution in [2.24, 2.45) is 0 Å². The van der Waals surface area contributed by atoms with Crippen LogP contribution in [0.15, 0.2) is 30.7 Å². The van der Waals surface area contributed by atoms with Crippen LogP contribution in [-0.2, 0) is 0 Å². The lowest BCUT2D eigenvalue weighted by Gasteiger charge is -2.05. The molecule has 2 aromatic rings. The molecular formula is C14H16N2. The molecule has 2 rings (SSSR count). The second-order valence-corrected chi connectivity index (χ2v) is 4.09. The number of aromatic nitrogens is 2. The molecule has 1 aromatic carbocycles. The number of rotatable bonds is 2. The highest BCUT2D eigenvalue weighted by Gasteiger charge is 2.02. The number of imidazole rings is 1. The van der Waals surface area contributed by atoms with Crippen LogP contribution in [0.2, 0.25) is 0 Å². The van der Waals surface area contributed by atoms with Crippen molar-refractivity contribution in [3.63, 3.8) is 0 Å². The van der Waals surface area contributed by atoms with Crippen molar-refractivity contribution in [3.05, 3.63) is 53.1 Å². The molecule has 2 nitrogen and oxygen atoms in total. The average molecular weight is 212 g/mol. The van der Waals surface area contributed by atoms with Gasteiger partial charge in [-0.25, -0.2) is 4.98 Å². The van der Waals surface area contributed by atoms with Gasteiger partial charge in [-0.15, -0.1) is 0 Å². The molecule has 82 valence electrons. The zero-order valence-corrected chi connectivity index (χ0v) is 9.91. The highest BCUT2D eigenvalue weighted by Crippen LogP contribution is 2.20. The quantitative estimate of drug-likeness (QED) is 0.809.